The van der Waals surface area contributed by atoms with Gasteiger partial charge in [0.25, 0.3) is 5.91 Å². The molecule has 0 saturated heterocycles. The highest BCUT2D eigenvalue weighted by molar-refractivity contribution is 7.17. The summed E-state index contributed by atoms with van der Waals surface area (Å²) < 4.78 is 0. The van der Waals surface area contributed by atoms with Gasteiger partial charge in [0.2, 0.25) is 0 Å². The second-order valence-electron chi connectivity index (χ2n) is 5.74. The molecule has 1 aromatic heterocycles. The molecule has 0 aliphatic heterocycles. The van der Waals surface area contributed by atoms with Gasteiger partial charge in [-0.1, -0.05) is 26.0 Å². The molecule has 0 radical (unpaired) electrons. The third-order valence-electron chi connectivity index (χ3n) is 3.84. The van der Waals surface area contributed by atoms with Crippen molar-refractivity contribution < 1.29 is 9.59 Å². The van der Waals surface area contributed by atoms with Gasteiger partial charge in [-0.3, -0.25) is 9.59 Å². The molecule has 0 atom stereocenters. The maximum Gasteiger partial charge on any atom is 0.253 e. The first-order chi connectivity index (χ1) is 11.0. The quantitative estimate of drug-likeness (QED) is 0.718. The van der Waals surface area contributed by atoms with Crippen LogP contribution in [0, 0.1) is 5.92 Å². The van der Waals surface area contributed by atoms with E-state index < -0.39 is 0 Å². The Labute approximate surface area is 141 Å². The topological polar surface area (TPSA) is 37.4 Å². The minimum absolute atomic E-state index is 0.00979. The van der Waals surface area contributed by atoms with Gasteiger partial charge in [0.1, 0.15) is 0 Å². The Kier molecular flexibility index (Phi) is 5.72. The van der Waals surface area contributed by atoms with Gasteiger partial charge in [0.05, 0.1) is 4.88 Å². The Morgan fingerprint density at radius 3 is 2.13 bits per heavy atom. The number of hydrogen-bond donors (Lipinski definition) is 0. The Morgan fingerprint density at radius 1 is 1.00 bits per heavy atom. The van der Waals surface area contributed by atoms with Gasteiger partial charge in [-0.2, -0.15) is 0 Å². The van der Waals surface area contributed by atoms with Crippen molar-refractivity contribution in [3.63, 3.8) is 0 Å². The second kappa shape index (κ2) is 7.55. The standard InChI is InChI=1S/C19H23NO2S/c1-5-20(6-2)19(22)15-9-7-14(8-10-15)16-11-12-17(23-16)18(21)13(3)4/h7-13H,5-6H2,1-4H3. The van der Waals surface area contributed by atoms with E-state index in [-0.39, 0.29) is 17.6 Å². The van der Waals surface area contributed by atoms with E-state index >= 15 is 0 Å². The monoisotopic (exact) mass is 329 g/mol. The van der Waals surface area contributed by atoms with E-state index in [0.29, 0.717) is 18.7 Å². The Bertz CT molecular complexity index is 682. The third-order valence-corrected chi connectivity index (χ3v) is 4.99. The fourth-order valence-electron chi connectivity index (χ4n) is 2.38. The molecule has 2 aromatic rings. The molecule has 0 unspecified atom stereocenters. The number of thiophene rings is 1. The van der Waals surface area contributed by atoms with Gasteiger partial charge in [0, 0.05) is 29.4 Å². The van der Waals surface area contributed by atoms with Crippen molar-refractivity contribution in [1.29, 1.82) is 0 Å². The molecular formula is C19H23NO2S. The lowest BCUT2D eigenvalue weighted by molar-refractivity contribution is 0.0772. The maximum atomic E-state index is 12.3. The van der Waals surface area contributed by atoms with Crippen LogP contribution in [0.4, 0.5) is 0 Å². The van der Waals surface area contributed by atoms with Crippen molar-refractivity contribution >= 4 is 23.0 Å². The molecule has 4 heteroatoms. The predicted molar refractivity (Wildman–Crippen MR) is 96.2 cm³/mol. The van der Waals surface area contributed by atoms with Crippen LogP contribution in [0.3, 0.4) is 0 Å². The second-order valence-corrected chi connectivity index (χ2v) is 6.82. The van der Waals surface area contributed by atoms with E-state index in [1.165, 1.54) is 11.3 Å². The highest BCUT2D eigenvalue weighted by Gasteiger charge is 2.15. The number of carbonyl (C=O) groups excluding carboxylic acids is 2. The Balaban J connectivity index is 2.20. The summed E-state index contributed by atoms with van der Waals surface area (Å²) in [5, 5.41) is 0. The maximum absolute atomic E-state index is 12.3. The molecular weight excluding hydrogens is 306 g/mol. The van der Waals surface area contributed by atoms with Crippen LogP contribution in [0.5, 0.6) is 0 Å². The minimum atomic E-state index is 0.00979. The van der Waals surface area contributed by atoms with Crippen LogP contribution in [0.1, 0.15) is 47.7 Å². The van der Waals surface area contributed by atoms with Crippen LogP contribution in [-0.2, 0) is 0 Å². The first-order valence-electron chi connectivity index (χ1n) is 8.01. The summed E-state index contributed by atoms with van der Waals surface area (Å²) in [6.07, 6.45) is 0. The normalized spacial score (nSPS) is 10.8. The molecule has 2 rings (SSSR count). The highest BCUT2D eigenvalue weighted by Crippen LogP contribution is 2.29. The molecule has 23 heavy (non-hydrogen) atoms. The molecule has 1 amide bonds. The number of nitrogens with zero attached hydrogens (tertiary/aromatic N) is 1. The molecule has 1 aromatic carbocycles. The first-order valence-corrected chi connectivity index (χ1v) is 8.83. The fraction of sp³-hybridized carbons (Fsp3) is 0.368. The lowest BCUT2D eigenvalue weighted by Gasteiger charge is -2.18. The van der Waals surface area contributed by atoms with E-state index in [9.17, 15) is 9.59 Å². The van der Waals surface area contributed by atoms with Gasteiger partial charge in [-0.15, -0.1) is 11.3 Å². The number of benzene rings is 1. The van der Waals surface area contributed by atoms with E-state index in [2.05, 4.69) is 0 Å². The molecule has 0 fully saturated rings. The predicted octanol–water partition coefficient (Wildman–Crippen LogP) is 4.74. The van der Waals surface area contributed by atoms with Crippen LogP contribution in [0.2, 0.25) is 0 Å². The zero-order valence-electron chi connectivity index (χ0n) is 14.1. The van der Waals surface area contributed by atoms with Crippen LogP contribution in [-0.4, -0.2) is 29.7 Å². The van der Waals surface area contributed by atoms with Gasteiger partial charge in [-0.05, 0) is 43.7 Å². The van der Waals surface area contributed by atoms with E-state index in [1.54, 1.807) is 4.90 Å². The summed E-state index contributed by atoms with van der Waals surface area (Å²) in [5.41, 5.74) is 1.74. The molecule has 0 bridgehead atoms. The Morgan fingerprint density at radius 2 is 1.61 bits per heavy atom. The highest BCUT2D eigenvalue weighted by atomic mass is 32.1. The average molecular weight is 329 g/mol. The molecule has 0 N–H and O–H groups in total. The first kappa shape index (κ1) is 17.4. The molecule has 122 valence electrons. The van der Waals surface area contributed by atoms with Crippen molar-refractivity contribution in [3.05, 3.63) is 46.8 Å². The van der Waals surface area contributed by atoms with E-state index in [1.807, 2.05) is 64.1 Å². The molecule has 0 aliphatic rings. The van der Waals surface area contributed by atoms with Crippen molar-refractivity contribution in [2.24, 2.45) is 5.92 Å². The zero-order valence-corrected chi connectivity index (χ0v) is 14.9. The zero-order chi connectivity index (χ0) is 17.0. The van der Waals surface area contributed by atoms with Crippen molar-refractivity contribution in [1.82, 2.24) is 4.90 Å². The third kappa shape index (κ3) is 3.88. The lowest BCUT2D eigenvalue weighted by Crippen LogP contribution is -2.30. The fourth-order valence-corrected chi connectivity index (χ4v) is 3.48. The number of amides is 1. The molecule has 0 saturated carbocycles. The number of ketones is 1. The van der Waals surface area contributed by atoms with Crippen molar-refractivity contribution in [2.45, 2.75) is 27.7 Å². The van der Waals surface area contributed by atoms with Gasteiger partial charge >= 0.3 is 0 Å². The summed E-state index contributed by atoms with van der Waals surface area (Å²) in [5.74, 6) is 0.244. The number of carbonyl (C=O) groups is 2. The summed E-state index contributed by atoms with van der Waals surface area (Å²) >= 11 is 1.51. The van der Waals surface area contributed by atoms with Gasteiger partial charge in [0.15, 0.2) is 5.78 Å². The van der Waals surface area contributed by atoms with Crippen molar-refractivity contribution in [2.75, 3.05) is 13.1 Å². The van der Waals surface area contributed by atoms with Gasteiger partial charge in [-0.25, -0.2) is 0 Å². The summed E-state index contributed by atoms with van der Waals surface area (Å²) in [4.78, 5) is 28.0. The number of rotatable bonds is 6. The summed E-state index contributed by atoms with van der Waals surface area (Å²) in [6, 6.07) is 11.5. The average Bonchev–Trinajstić information content (AvgIpc) is 3.05. The van der Waals surface area contributed by atoms with E-state index in [4.69, 9.17) is 0 Å². The SMILES string of the molecule is CCN(CC)C(=O)c1ccc(-c2ccc(C(=O)C(C)C)s2)cc1. The molecule has 1 heterocycles. The summed E-state index contributed by atoms with van der Waals surface area (Å²) in [6.45, 7) is 9.21. The largest absolute Gasteiger partial charge is 0.339 e. The number of Topliss-reactive ketones (excluding diaryl/α,β-unsaturated/α-hetero) is 1. The molecule has 0 aliphatic carbocycles. The van der Waals surface area contributed by atoms with E-state index in [0.717, 1.165) is 15.3 Å². The minimum Gasteiger partial charge on any atom is -0.339 e. The number of hydrogen-bond acceptors (Lipinski definition) is 3. The summed E-state index contributed by atoms with van der Waals surface area (Å²) in [7, 11) is 0. The van der Waals surface area contributed by atoms with Crippen LogP contribution >= 0.6 is 11.3 Å². The van der Waals surface area contributed by atoms with Crippen LogP contribution in [0.15, 0.2) is 36.4 Å². The lowest BCUT2D eigenvalue weighted by atomic mass is 10.1. The Hall–Kier alpha value is -1.94. The smallest absolute Gasteiger partial charge is 0.253 e. The molecule has 0 spiro atoms. The van der Waals surface area contributed by atoms with Crippen molar-refractivity contribution in [3.8, 4) is 10.4 Å². The van der Waals surface area contributed by atoms with Gasteiger partial charge < -0.3 is 4.90 Å². The van der Waals surface area contributed by atoms with Crippen LogP contribution < -0.4 is 0 Å². The van der Waals surface area contributed by atoms with Crippen LogP contribution in [0.25, 0.3) is 10.4 Å². The molecule has 3 nitrogen and oxygen atoms in total.